The fraction of sp³-hybridized carbons (Fsp3) is 0.364. The number of hydrogen-bond donors (Lipinski definition) is 3. The summed E-state index contributed by atoms with van der Waals surface area (Å²) in [5, 5.41) is 9.03. The molecule has 0 atom stereocenters. The second-order valence-corrected chi connectivity index (χ2v) is 23.6. The van der Waals surface area contributed by atoms with E-state index >= 15 is 0 Å². The van der Waals surface area contributed by atoms with Crippen molar-refractivity contribution in [3.05, 3.63) is 192 Å². The van der Waals surface area contributed by atoms with Crippen molar-refractivity contribution in [3.63, 3.8) is 0 Å². The quantitative estimate of drug-likeness (QED) is 0.0460. The maximum Gasteiger partial charge on any atom is 0.255 e. The van der Waals surface area contributed by atoms with Crippen molar-refractivity contribution in [1.29, 1.82) is 0 Å². The zero-order chi connectivity index (χ0) is 64.1. The zero-order valence-electron chi connectivity index (χ0n) is 49.5. The SMILES string of the molecule is COc1cc(Cl)c(Br)cc1C(=O)NCCN1CCC(C(=O)c2ccc(F)cc2)CC1.COc1cc(F)c(Br)cc1C(=O)NCCN1CCC(C(=O)c2ccc(F)cc2)CC1.COc1cc(F)ccc1C(=O)NCCN1CCC(C(=O)c2ccc(F)cc2)CC1. The van der Waals surface area contributed by atoms with Gasteiger partial charge in [0.15, 0.2) is 17.3 Å². The number of ether oxygens (including phenoxy) is 3. The van der Waals surface area contributed by atoms with Crippen LogP contribution in [0.5, 0.6) is 17.2 Å². The van der Waals surface area contributed by atoms with E-state index in [1.165, 1.54) is 112 Å². The molecule has 6 aromatic carbocycles. The number of carbonyl (C=O) groups excluding carboxylic acids is 6. The molecule has 23 heteroatoms. The molecule has 0 unspecified atom stereocenters. The number of carbonyl (C=O) groups is 6. The molecule has 0 radical (unpaired) electrons. The number of halogens is 8. The highest BCUT2D eigenvalue weighted by molar-refractivity contribution is 9.10. The van der Waals surface area contributed by atoms with Crippen LogP contribution in [-0.4, -0.2) is 150 Å². The largest absolute Gasteiger partial charge is 0.496 e. The maximum absolute atomic E-state index is 13.6. The van der Waals surface area contributed by atoms with Gasteiger partial charge in [0.1, 0.15) is 46.3 Å². The number of methoxy groups -OCH3 is 3. The molecule has 0 aliphatic carbocycles. The molecule has 0 bridgehead atoms. The standard InChI is InChI=1S/C22H23BrClFN2O3.C22H23BrF2N2O3.C22H24F2N2O3/c1-30-20-13-19(24)18(23)12-17(20)22(29)26-8-11-27-9-6-15(7-10-27)21(28)14-2-4-16(25)5-3-14;1-30-20-13-19(25)18(23)12-17(20)22(29)26-8-11-27-9-6-15(7-10-27)21(28)14-2-4-16(24)5-3-14;1-29-20-14-18(24)6-7-19(20)22(28)25-10-13-26-11-8-16(9-12-26)21(27)15-2-4-17(23)5-3-15/h2*2-5,12-13,15H,6-11H2,1H3,(H,26,29);2-7,14,16H,8-13H2,1H3,(H,25,28). The molecule has 0 spiro atoms. The van der Waals surface area contributed by atoms with Crippen LogP contribution in [-0.2, 0) is 0 Å². The van der Waals surface area contributed by atoms with Gasteiger partial charge in [0, 0.05) is 96.4 Å². The fourth-order valence-electron chi connectivity index (χ4n) is 10.7. The molecule has 9 rings (SSSR count). The van der Waals surface area contributed by atoms with Gasteiger partial charge in [-0.3, -0.25) is 28.8 Å². The highest BCUT2D eigenvalue weighted by Crippen LogP contribution is 2.32. The minimum atomic E-state index is -0.499. The van der Waals surface area contributed by atoms with Gasteiger partial charge >= 0.3 is 0 Å². The molecule has 0 aromatic heterocycles. The second kappa shape index (κ2) is 34.2. The molecule has 3 aliphatic rings. The van der Waals surface area contributed by atoms with E-state index in [1.807, 2.05) is 0 Å². The lowest BCUT2D eigenvalue weighted by molar-refractivity contribution is 0.0829. The molecule has 6 aromatic rings. The molecule has 15 nitrogen and oxygen atoms in total. The first-order valence-corrected chi connectivity index (χ1v) is 31.0. The molecular weight excluding hydrogens is 1310 g/mol. The Balaban J connectivity index is 0.000000190. The first-order chi connectivity index (χ1) is 42.7. The molecule has 89 heavy (non-hydrogen) atoms. The van der Waals surface area contributed by atoms with Gasteiger partial charge in [-0.2, -0.15) is 0 Å². The van der Waals surface area contributed by atoms with Crippen molar-refractivity contribution in [2.45, 2.75) is 38.5 Å². The molecule has 3 aliphatic heterocycles. The van der Waals surface area contributed by atoms with Gasteiger partial charge in [-0.15, -0.1) is 0 Å². The number of likely N-dealkylation sites (tertiary alicyclic amines) is 3. The normalized spacial score (nSPS) is 15.1. The van der Waals surface area contributed by atoms with Gasteiger partial charge < -0.3 is 44.9 Å². The number of hydrogen-bond acceptors (Lipinski definition) is 12. The Labute approximate surface area is 536 Å². The third-order valence-electron chi connectivity index (χ3n) is 15.8. The highest BCUT2D eigenvalue weighted by Gasteiger charge is 2.29. The lowest BCUT2D eigenvalue weighted by atomic mass is 9.89. The number of nitrogens with one attached hydrogen (secondary N) is 3. The number of nitrogens with zero attached hydrogens (tertiary/aromatic N) is 3. The number of piperidine rings is 3. The van der Waals surface area contributed by atoms with Crippen LogP contribution in [0.15, 0.2) is 124 Å². The summed E-state index contributed by atoms with van der Waals surface area (Å²) in [6.45, 7) is 7.92. The van der Waals surface area contributed by atoms with Crippen LogP contribution in [0.3, 0.4) is 0 Å². The van der Waals surface area contributed by atoms with E-state index in [0.717, 1.165) is 77.8 Å². The van der Waals surface area contributed by atoms with E-state index in [-0.39, 0.29) is 97.4 Å². The summed E-state index contributed by atoms with van der Waals surface area (Å²) in [5.74, 6) is -2.09. The van der Waals surface area contributed by atoms with Crippen LogP contribution >= 0.6 is 43.5 Å². The molecule has 474 valence electrons. The minimum absolute atomic E-state index is 0.0445. The van der Waals surface area contributed by atoms with Crippen LogP contribution in [0.25, 0.3) is 0 Å². The Kier molecular flexibility index (Phi) is 26.7. The van der Waals surface area contributed by atoms with Gasteiger partial charge in [-0.25, -0.2) is 22.0 Å². The van der Waals surface area contributed by atoms with Crippen molar-refractivity contribution in [2.75, 3.05) is 99.9 Å². The highest BCUT2D eigenvalue weighted by atomic mass is 79.9. The van der Waals surface area contributed by atoms with Gasteiger partial charge in [-0.1, -0.05) is 11.6 Å². The first kappa shape index (κ1) is 69.4. The molecule has 3 heterocycles. The van der Waals surface area contributed by atoms with E-state index in [0.29, 0.717) is 76.8 Å². The molecule has 3 fully saturated rings. The smallest absolute Gasteiger partial charge is 0.255 e. The van der Waals surface area contributed by atoms with Crippen molar-refractivity contribution < 1.29 is 64.9 Å². The predicted molar refractivity (Wildman–Crippen MR) is 336 cm³/mol. The van der Waals surface area contributed by atoms with Gasteiger partial charge in [0.05, 0.1) is 47.5 Å². The van der Waals surface area contributed by atoms with E-state index in [9.17, 15) is 50.7 Å². The second-order valence-electron chi connectivity index (χ2n) is 21.5. The Morgan fingerprint density at radius 1 is 0.427 bits per heavy atom. The summed E-state index contributed by atoms with van der Waals surface area (Å²) in [6.07, 6.45) is 4.42. The number of amides is 3. The topological polar surface area (TPSA) is 176 Å². The predicted octanol–water partition coefficient (Wildman–Crippen LogP) is 11.9. The van der Waals surface area contributed by atoms with E-state index in [4.69, 9.17) is 25.8 Å². The van der Waals surface area contributed by atoms with Crippen LogP contribution in [0.4, 0.5) is 22.0 Å². The number of ketones is 3. The Morgan fingerprint density at radius 2 is 0.730 bits per heavy atom. The molecule has 3 N–H and O–H groups in total. The lowest BCUT2D eigenvalue weighted by Gasteiger charge is -2.31. The third kappa shape index (κ3) is 20.2. The van der Waals surface area contributed by atoms with Gasteiger partial charge in [-0.05, 0) is 207 Å². The number of benzene rings is 6. The van der Waals surface area contributed by atoms with E-state index < -0.39 is 11.6 Å². The molecule has 0 saturated carbocycles. The summed E-state index contributed by atoms with van der Waals surface area (Å²) < 4.78 is 82.2. The number of Topliss-reactive ketones (excluding diaryl/α,β-unsaturated/α-hetero) is 3. The summed E-state index contributed by atoms with van der Waals surface area (Å²) in [5.41, 5.74) is 2.61. The lowest BCUT2D eigenvalue weighted by Crippen LogP contribution is -2.41. The van der Waals surface area contributed by atoms with Crippen LogP contribution in [0, 0.1) is 46.8 Å². The monoisotopic (exact) mass is 1380 g/mol. The maximum atomic E-state index is 13.6. The fourth-order valence-corrected chi connectivity index (χ4v) is 11.5. The first-order valence-electron chi connectivity index (χ1n) is 29.1. The van der Waals surface area contributed by atoms with Crippen molar-refractivity contribution >= 4 is 78.5 Å². The molecule has 3 amide bonds. The average molecular weight is 1380 g/mol. The summed E-state index contributed by atoms with van der Waals surface area (Å²) in [6, 6.07) is 26.7. The third-order valence-corrected chi connectivity index (χ3v) is 17.6. The van der Waals surface area contributed by atoms with Crippen molar-refractivity contribution in [2.24, 2.45) is 17.8 Å². The Bertz CT molecular complexity index is 3250. The zero-order valence-corrected chi connectivity index (χ0v) is 53.4. The van der Waals surface area contributed by atoms with Crippen molar-refractivity contribution in [1.82, 2.24) is 30.7 Å². The number of rotatable bonds is 21. The van der Waals surface area contributed by atoms with Crippen molar-refractivity contribution in [3.8, 4) is 17.2 Å². The molecular formula is C66H70Br2ClF5N6O9. The Hall–Kier alpha value is -7.08. The summed E-state index contributed by atoms with van der Waals surface area (Å²) in [7, 11) is 4.27. The molecule has 3 saturated heterocycles. The van der Waals surface area contributed by atoms with Crippen LogP contribution in [0.2, 0.25) is 5.02 Å². The minimum Gasteiger partial charge on any atom is -0.496 e. The van der Waals surface area contributed by atoms with Crippen LogP contribution in [0.1, 0.15) is 101 Å². The van der Waals surface area contributed by atoms with Gasteiger partial charge in [0.25, 0.3) is 17.7 Å². The van der Waals surface area contributed by atoms with Crippen LogP contribution < -0.4 is 30.2 Å². The summed E-state index contributed by atoms with van der Waals surface area (Å²) in [4.78, 5) is 81.5. The Morgan fingerprint density at radius 3 is 1.08 bits per heavy atom. The average Bonchev–Trinajstić information content (AvgIpc) is 3.66. The van der Waals surface area contributed by atoms with Gasteiger partial charge in [0.2, 0.25) is 0 Å². The van der Waals surface area contributed by atoms with E-state index in [2.05, 4.69) is 62.5 Å². The van der Waals surface area contributed by atoms with E-state index in [1.54, 1.807) is 24.3 Å². The summed E-state index contributed by atoms with van der Waals surface area (Å²) >= 11 is 12.5.